The van der Waals surface area contributed by atoms with Crippen molar-refractivity contribution >= 4 is 35.0 Å². The van der Waals surface area contributed by atoms with Gasteiger partial charge in [0.1, 0.15) is 0 Å². The van der Waals surface area contributed by atoms with Gasteiger partial charge in [0.05, 0.1) is 25.2 Å². The first-order chi connectivity index (χ1) is 14.5. The first kappa shape index (κ1) is 21.4. The number of rotatable bonds is 8. The maximum atomic E-state index is 12.7. The smallest absolute Gasteiger partial charge is 0.343 e. The molecule has 0 bridgehead atoms. The third-order valence-electron chi connectivity index (χ3n) is 4.20. The number of methoxy groups -OCH3 is 1. The molecule has 1 fully saturated rings. The molecule has 8 heteroatoms. The monoisotopic (exact) mass is 427 g/mol. The molecule has 30 heavy (non-hydrogen) atoms. The molecule has 2 amide bonds. The molecule has 1 heterocycles. The molecule has 0 radical (unpaired) electrons. The van der Waals surface area contributed by atoms with Crippen LogP contribution in [0, 0.1) is 0 Å². The molecule has 0 spiro atoms. The molecule has 0 saturated carbocycles. The molecule has 0 atom stereocenters. The van der Waals surface area contributed by atoms with Crippen LogP contribution in [0.5, 0.6) is 11.5 Å². The maximum Gasteiger partial charge on any atom is 0.343 e. The van der Waals surface area contributed by atoms with Gasteiger partial charge in [0, 0.05) is 0 Å². The van der Waals surface area contributed by atoms with Crippen LogP contribution in [-0.4, -0.2) is 42.3 Å². The largest absolute Gasteiger partial charge is 0.490 e. The second-order valence-electron chi connectivity index (χ2n) is 6.26. The molecule has 1 aliphatic heterocycles. The summed E-state index contributed by atoms with van der Waals surface area (Å²) in [6.45, 7) is 2.21. The lowest BCUT2D eigenvalue weighted by molar-refractivity contribution is -0.142. The highest BCUT2D eigenvalue weighted by atomic mass is 32.2. The summed E-state index contributed by atoms with van der Waals surface area (Å²) in [5, 5.41) is -0.307. The summed E-state index contributed by atoms with van der Waals surface area (Å²) < 4.78 is 15.6. The van der Waals surface area contributed by atoms with E-state index in [9.17, 15) is 14.4 Å². The Balaban J connectivity index is 1.78. The molecule has 2 aromatic rings. The molecule has 2 aromatic carbocycles. The second kappa shape index (κ2) is 9.98. The Labute approximate surface area is 178 Å². The number of nitrogens with zero attached hydrogens (tertiary/aromatic N) is 1. The number of benzene rings is 2. The van der Waals surface area contributed by atoms with E-state index in [4.69, 9.17) is 9.47 Å². The zero-order chi connectivity index (χ0) is 21.5. The van der Waals surface area contributed by atoms with Crippen LogP contribution in [0.25, 0.3) is 6.08 Å². The number of esters is 1. The Kier molecular flexibility index (Phi) is 7.13. The summed E-state index contributed by atoms with van der Waals surface area (Å²) in [7, 11) is 1.28. The molecule has 1 aliphatic rings. The number of hydrogen-bond acceptors (Lipinski definition) is 7. The Morgan fingerprint density at radius 1 is 1.07 bits per heavy atom. The first-order valence-electron chi connectivity index (χ1n) is 9.27. The molecule has 0 N–H and O–H groups in total. The van der Waals surface area contributed by atoms with Crippen molar-refractivity contribution in [1.29, 1.82) is 0 Å². The molecule has 7 nitrogen and oxygen atoms in total. The van der Waals surface area contributed by atoms with Gasteiger partial charge in [-0.1, -0.05) is 36.4 Å². The fourth-order valence-electron chi connectivity index (χ4n) is 2.75. The van der Waals surface area contributed by atoms with Gasteiger partial charge < -0.3 is 14.2 Å². The van der Waals surface area contributed by atoms with E-state index in [-0.39, 0.29) is 24.3 Å². The van der Waals surface area contributed by atoms with Gasteiger partial charge >= 0.3 is 5.97 Å². The van der Waals surface area contributed by atoms with E-state index in [1.54, 1.807) is 24.3 Å². The van der Waals surface area contributed by atoms with Crippen molar-refractivity contribution in [3.05, 3.63) is 64.6 Å². The van der Waals surface area contributed by atoms with Gasteiger partial charge in [0.15, 0.2) is 18.1 Å². The number of carbonyl (C=O) groups is 3. The number of amides is 2. The topological polar surface area (TPSA) is 82.1 Å². The van der Waals surface area contributed by atoms with Crippen molar-refractivity contribution < 1.29 is 28.6 Å². The molecule has 0 aliphatic carbocycles. The lowest BCUT2D eigenvalue weighted by Crippen LogP contribution is -2.27. The van der Waals surface area contributed by atoms with Gasteiger partial charge in [-0.3, -0.25) is 14.5 Å². The van der Waals surface area contributed by atoms with Crippen molar-refractivity contribution in [2.24, 2.45) is 0 Å². The average Bonchev–Trinajstić information content (AvgIpc) is 3.01. The van der Waals surface area contributed by atoms with Gasteiger partial charge in [0.25, 0.3) is 11.1 Å². The van der Waals surface area contributed by atoms with Crippen LogP contribution >= 0.6 is 11.8 Å². The Morgan fingerprint density at radius 3 is 2.53 bits per heavy atom. The van der Waals surface area contributed by atoms with Crippen LogP contribution in [0.15, 0.2) is 53.4 Å². The highest BCUT2D eigenvalue weighted by Crippen LogP contribution is 2.35. The second-order valence-corrected chi connectivity index (χ2v) is 7.25. The fraction of sp³-hybridized carbons (Fsp3) is 0.227. The van der Waals surface area contributed by atoms with Gasteiger partial charge in [-0.2, -0.15) is 0 Å². The number of ether oxygens (including phenoxy) is 3. The van der Waals surface area contributed by atoms with Gasteiger partial charge in [0.2, 0.25) is 0 Å². The van der Waals surface area contributed by atoms with Crippen molar-refractivity contribution in [1.82, 2.24) is 4.90 Å². The summed E-state index contributed by atoms with van der Waals surface area (Å²) >= 11 is 0.902. The van der Waals surface area contributed by atoms with Crippen LogP contribution in [0.3, 0.4) is 0 Å². The first-order valence-corrected chi connectivity index (χ1v) is 10.1. The standard InChI is InChI=1S/C22H21NO6S/c1-3-28-18-11-16(9-10-17(18)29-14-20(24)27-2)12-19-21(25)23(22(26)30-19)13-15-7-5-4-6-8-15/h4-12H,3,13-14H2,1-2H3/b19-12+. The minimum absolute atomic E-state index is 0.230. The highest BCUT2D eigenvalue weighted by molar-refractivity contribution is 8.18. The van der Waals surface area contributed by atoms with E-state index < -0.39 is 5.97 Å². The zero-order valence-electron chi connectivity index (χ0n) is 16.6. The molecule has 156 valence electrons. The van der Waals surface area contributed by atoms with Crippen LogP contribution in [0.2, 0.25) is 0 Å². The minimum Gasteiger partial charge on any atom is -0.490 e. The van der Waals surface area contributed by atoms with Gasteiger partial charge in [-0.25, -0.2) is 4.79 Å². The van der Waals surface area contributed by atoms with E-state index in [1.807, 2.05) is 37.3 Å². The van der Waals surface area contributed by atoms with Crippen molar-refractivity contribution in [3.8, 4) is 11.5 Å². The SMILES string of the molecule is CCOc1cc(/C=C2/SC(=O)N(Cc3ccccc3)C2=O)ccc1OCC(=O)OC. The molecule has 0 aromatic heterocycles. The van der Waals surface area contributed by atoms with Crippen molar-refractivity contribution in [3.63, 3.8) is 0 Å². The van der Waals surface area contributed by atoms with Crippen LogP contribution in [-0.2, 0) is 20.9 Å². The number of thioether (sulfide) groups is 1. The lowest BCUT2D eigenvalue weighted by atomic mass is 10.1. The summed E-state index contributed by atoms with van der Waals surface area (Å²) in [5.74, 6) is -0.0262. The van der Waals surface area contributed by atoms with Crippen LogP contribution < -0.4 is 9.47 Å². The number of hydrogen-bond donors (Lipinski definition) is 0. The summed E-state index contributed by atoms with van der Waals surface area (Å²) in [6.07, 6.45) is 1.64. The zero-order valence-corrected chi connectivity index (χ0v) is 17.4. The molecule has 1 saturated heterocycles. The third kappa shape index (κ3) is 5.21. The van der Waals surface area contributed by atoms with Crippen molar-refractivity contribution in [2.45, 2.75) is 13.5 Å². The number of imide groups is 1. The van der Waals surface area contributed by atoms with Crippen LogP contribution in [0.1, 0.15) is 18.1 Å². The fourth-order valence-corrected chi connectivity index (χ4v) is 3.59. The Bertz CT molecular complexity index is 973. The predicted molar refractivity (Wildman–Crippen MR) is 113 cm³/mol. The van der Waals surface area contributed by atoms with Gasteiger partial charge in [-0.05, 0) is 48.0 Å². The maximum absolute atomic E-state index is 12.7. The van der Waals surface area contributed by atoms with E-state index in [0.29, 0.717) is 28.6 Å². The van der Waals surface area contributed by atoms with E-state index in [0.717, 1.165) is 17.3 Å². The Morgan fingerprint density at radius 2 is 1.83 bits per heavy atom. The Hall–Kier alpha value is -3.26. The van der Waals surface area contributed by atoms with E-state index in [1.165, 1.54) is 12.0 Å². The van der Waals surface area contributed by atoms with Gasteiger partial charge in [-0.15, -0.1) is 0 Å². The van der Waals surface area contributed by atoms with E-state index in [2.05, 4.69) is 4.74 Å². The predicted octanol–water partition coefficient (Wildman–Crippen LogP) is 3.87. The average molecular weight is 427 g/mol. The minimum atomic E-state index is -0.506. The number of carbonyl (C=O) groups excluding carboxylic acids is 3. The highest BCUT2D eigenvalue weighted by Gasteiger charge is 2.35. The molecule has 3 rings (SSSR count). The molecular weight excluding hydrogens is 406 g/mol. The molecule has 0 unspecified atom stereocenters. The summed E-state index contributed by atoms with van der Waals surface area (Å²) in [4.78, 5) is 37.9. The molecular formula is C22H21NO6S. The van der Waals surface area contributed by atoms with Crippen LogP contribution in [0.4, 0.5) is 4.79 Å². The van der Waals surface area contributed by atoms with Crippen molar-refractivity contribution in [2.75, 3.05) is 20.3 Å². The van der Waals surface area contributed by atoms with E-state index >= 15 is 0 Å². The lowest BCUT2D eigenvalue weighted by Gasteiger charge is -2.12. The quantitative estimate of drug-likeness (QED) is 0.467. The normalized spacial score (nSPS) is 14.9. The summed E-state index contributed by atoms with van der Waals surface area (Å²) in [6, 6.07) is 14.4. The third-order valence-corrected chi connectivity index (χ3v) is 5.10. The summed E-state index contributed by atoms with van der Waals surface area (Å²) in [5.41, 5.74) is 1.56.